The first-order chi connectivity index (χ1) is 8.78. The van der Waals surface area contributed by atoms with Gasteiger partial charge in [-0.25, -0.2) is 0 Å². The molecule has 0 aromatic heterocycles. The van der Waals surface area contributed by atoms with Crippen LogP contribution in [0.2, 0.25) is 0 Å². The fourth-order valence-electron chi connectivity index (χ4n) is 1.91. The molecule has 2 aromatic carbocycles. The number of nitrogens with two attached hydrogens (primary N) is 1. The number of benzene rings is 2. The predicted molar refractivity (Wildman–Crippen MR) is 72.9 cm³/mol. The SMILES string of the molecule is COc1ccc(OC)c(-c2cccc(CN)c2)c1. The average molecular weight is 243 g/mol. The highest BCUT2D eigenvalue weighted by molar-refractivity contribution is 5.72. The number of ether oxygens (including phenoxy) is 2. The van der Waals surface area contributed by atoms with E-state index >= 15 is 0 Å². The lowest BCUT2D eigenvalue weighted by molar-refractivity contribution is 0.404. The summed E-state index contributed by atoms with van der Waals surface area (Å²) in [5.41, 5.74) is 8.85. The highest BCUT2D eigenvalue weighted by Gasteiger charge is 2.07. The molecule has 2 N–H and O–H groups in total. The summed E-state index contributed by atoms with van der Waals surface area (Å²) in [6.45, 7) is 0.528. The summed E-state index contributed by atoms with van der Waals surface area (Å²) in [4.78, 5) is 0. The van der Waals surface area contributed by atoms with Crippen molar-refractivity contribution >= 4 is 0 Å². The normalized spacial score (nSPS) is 10.2. The van der Waals surface area contributed by atoms with Crippen LogP contribution in [-0.4, -0.2) is 14.2 Å². The van der Waals surface area contributed by atoms with Crippen LogP contribution in [0.15, 0.2) is 42.5 Å². The van der Waals surface area contributed by atoms with Gasteiger partial charge in [0.1, 0.15) is 11.5 Å². The second-order valence-electron chi connectivity index (χ2n) is 3.97. The van der Waals surface area contributed by atoms with Gasteiger partial charge in [-0.1, -0.05) is 18.2 Å². The van der Waals surface area contributed by atoms with Crippen LogP contribution in [0.4, 0.5) is 0 Å². The molecule has 0 atom stereocenters. The lowest BCUT2D eigenvalue weighted by Crippen LogP contribution is -1.96. The van der Waals surface area contributed by atoms with E-state index in [-0.39, 0.29) is 0 Å². The molecule has 94 valence electrons. The first kappa shape index (κ1) is 12.5. The van der Waals surface area contributed by atoms with Crippen LogP contribution < -0.4 is 15.2 Å². The number of hydrogen-bond donors (Lipinski definition) is 1. The van der Waals surface area contributed by atoms with Gasteiger partial charge < -0.3 is 15.2 Å². The minimum Gasteiger partial charge on any atom is -0.497 e. The largest absolute Gasteiger partial charge is 0.497 e. The van der Waals surface area contributed by atoms with Crippen molar-refractivity contribution in [1.82, 2.24) is 0 Å². The fourth-order valence-corrected chi connectivity index (χ4v) is 1.91. The lowest BCUT2D eigenvalue weighted by atomic mass is 10.0. The third-order valence-electron chi connectivity index (χ3n) is 2.88. The van der Waals surface area contributed by atoms with E-state index < -0.39 is 0 Å². The summed E-state index contributed by atoms with van der Waals surface area (Å²) in [6, 6.07) is 13.9. The van der Waals surface area contributed by atoms with E-state index in [0.29, 0.717) is 6.54 Å². The Labute approximate surface area is 107 Å². The van der Waals surface area contributed by atoms with Crippen molar-refractivity contribution in [1.29, 1.82) is 0 Å². The lowest BCUT2D eigenvalue weighted by Gasteiger charge is -2.11. The molecule has 0 unspecified atom stereocenters. The third-order valence-corrected chi connectivity index (χ3v) is 2.88. The first-order valence-electron chi connectivity index (χ1n) is 5.80. The summed E-state index contributed by atoms with van der Waals surface area (Å²) >= 11 is 0. The Morgan fingerprint density at radius 3 is 2.50 bits per heavy atom. The van der Waals surface area contributed by atoms with Gasteiger partial charge in [0.25, 0.3) is 0 Å². The standard InChI is InChI=1S/C15H17NO2/c1-17-13-6-7-15(18-2)14(9-13)12-5-3-4-11(8-12)10-16/h3-9H,10,16H2,1-2H3. The molecular formula is C15H17NO2. The highest BCUT2D eigenvalue weighted by Crippen LogP contribution is 2.33. The topological polar surface area (TPSA) is 44.5 Å². The van der Waals surface area contributed by atoms with Gasteiger partial charge >= 0.3 is 0 Å². The van der Waals surface area contributed by atoms with Crippen molar-refractivity contribution in [2.75, 3.05) is 14.2 Å². The Hall–Kier alpha value is -2.00. The van der Waals surface area contributed by atoms with E-state index in [9.17, 15) is 0 Å². The molecule has 0 aliphatic carbocycles. The van der Waals surface area contributed by atoms with E-state index in [1.807, 2.05) is 36.4 Å². The Balaban J connectivity index is 2.53. The zero-order valence-electron chi connectivity index (χ0n) is 10.6. The molecule has 0 aliphatic rings. The van der Waals surface area contributed by atoms with Crippen LogP contribution in [0.5, 0.6) is 11.5 Å². The van der Waals surface area contributed by atoms with Gasteiger partial charge in [0.05, 0.1) is 14.2 Å². The number of methoxy groups -OCH3 is 2. The van der Waals surface area contributed by atoms with Crippen LogP contribution >= 0.6 is 0 Å². The van der Waals surface area contributed by atoms with Crippen LogP contribution in [0.1, 0.15) is 5.56 Å². The number of rotatable bonds is 4. The second kappa shape index (κ2) is 5.56. The maximum Gasteiger partial charge on any atom is 0.126 e. The van der Waals surface area contributed by atoms with Gasteiger partial charge in [-0.3, -0.25) is 0 Å². The third kappa shape index (κ3) is 2.46. The zero-order chi connectivity index (χ0) is 13.0. The summed E-state index contributed by atoms with van der Waals surface area (Å²) in [7, 11) is 3.32. The minimum atomic E-state index is 0.528. The molecule has 3 heteroatoms. The molecule has 0 radical (unpaired) electrons. The molecule has 2 rings (SSSR count). The van der Waals surface area contributed by atoms with Gasteiger partial charge in [-0.05, 0) is 35.4 Å². The molecule has 0 amide bonds. The van der Waals surface area contributed by atoms with Crippen LogP contribution in [0, 0.1) is 0 Å². The van der Waals surface area contributed by atoms with E-state index in [2.05, 4.69) is 6.07 Å². The van der Waals surface area contributed by atoms with Gasteiger partial charge in [-0.2, -0.15) is 0 Å². The van der Waals surface area contributed by atoms with Crippen molar-refractivity contribution in [3.63, 3.8) is 0 Å². The molecule has 3 nitrogen and oxygen atoms in total. The molecule has 0 aliphatic heterocycles. The Morgan fingerprint density at radius 1 is 1.00 bits per heavy atom. The molecule has 0 fully saturated rings. The summed E-state index contributed by atoms with van der Waals surface area (Å²) < 4.78 is 10.6. The maximum absolute atomic E-state index is 5.67. The Morgan fingerprint density at radius 2 is 1.83 bits per heavy atom. The van der Waals surface area contributed by atoms with Crippen LogP contribution in [0.25, 0.3) is 11.1 Å². The highest BCUT2D eigenvalue weighted by atomic mass is 16.5. The monoisotopic (exact) mass is 243 g/mol. The van der Waals surface area contributed by atoms with Gasteiger partial charge in [-0.15, -0.1) is 0 Å². The van der Waals surface area contributed by atoms with E-state index in [4.69, 9.17) is 15.2 Å². The van der Waals surface area contributed by atoms with Crippen molar-refractivity contribution in [3.05, 3.63) is 48.0 Å². The smallest absolute Gasteiger partial charge is 0.126 e. The molecule has 0 saturated heterocycles. The fraction of sp³-hybridized carbons (Fsp3) is 0.200. The number of hydrogen-bond acceptors (Lipinski definition) is 3. The van der Waals surface area contributed by atoms with Gasteiger partial charge in [0.2, 0.25) is 0 Å². The van der Waals surface area contributed by atoms with Crippen molar-refractivity contribution in [3.8, 4) is 22.6 Å². The Bertz CT molecular complexity index is 538. The van der Waals surface area contributed by atoms with Crippen LogP contribution in [0.3, 0.4) is 0 Å². The van der Waals surface area contributed by atoms with Crippen molar-refractivity contribution in [2.24, 2.45) is 5.73 Å². The van der Waals surface area contributed by atoms with Crippen molar-refractivity contribution in [2.45, 2.75) is 6.54 Å². The molecular weight excluding hydrogens is 226 g/mol. The zero-order valence-corrected chi connectivity index (χ0v) is 10.6. The molecule has 0 saturated carbocycles. The summed E-state index contributed by atoms with van der Waals surface area (Å²) in [6.07, 6.45) is 0. The first-order valence-corrected chi connectivity index (χ1v) is 5.80. The maximum atomic E-state index is 5.67. The van der Waals surface area contributed by atoms with Crippen LogP contribution in [-0.2, 0) is 6.54 Å². The Kier molecular flexibility index (Phi) is 3.85. The summed E-state index contributed by atoms with van der Waals surface area (Å²) in [5, 5.41) is 0. The van der Waals surface area contributed by atoms with E-state index in [1.165, 1.54) is 0 Å². The molecule has 2 aromatic rings. The van der Waals surface area contributed by atoms with Crippen molar-refractivity contribution < 1.29 is 9.47 Å². The quantitative estimate of drug-likeness (QED) is 0.898. The van der Waals surface area contributed by atoms with E-state index in [1.54, 1.807) is 14.2 Å². The predicted octanol–water partition coefficient (Wildman–Crippen LogP) is 2.83. The minimum absolute atomic E-state index is 0.528. The second-order valence-corrected chi connectivity index (χ2v) is 3.97. The average Bonchev–Trinajstić information content (AvgIpc) is 2.46. The van der Waals surface area contributed by atoms with Gasteiger partial charge in [0.15, 0.2) is 0 Å². The summed E-state index contributed by atoms with van der Waals surface area (Å²) in [5.74, 6) is 1.63. The molecule has 18 heavy (non-hydrogen) atoms. The van der Waals surface area contributed by atoms with E-state index in [0.717, 1.165) is 28.2 Å². The molecule has 0 spiro atoms. The molecule has 0 heterocycles. The molecule has 0 bridgehead atoms. The van der Waals surface area contributed by atoms with Gasteiger partial charge in [0, 0.05) is 12.1 Å².